The molecule has 0 aromatic rings. The Bertz CT molecular complexity index is 225. The molecule has 3 heteroatoms. The summed E-state index contributed by atoms with van der Waals surface area (Å²) < 4.78 is 0. The first kappa shape index (κ1) is 13.7. The van der Waals surface area contributed by atoms with Crippen molar-refractivity contribution in [1.82, 2.24) is 9.80 Å². The maximum absolute atomic E-state index is 9.75. The standard InChI is InChI=1S/C13H26N2O/c1-12(2)5-6-14-7-9-15(10-8-14)11-13(3,4)16/h16H,1,5-11H2,2-4H3. The van der Waals surface area contributed by atoms with Gasteiger partial charge in [0.15, 0.2) is 0 Å². The molecule has 1 aliphatic heterocycles. The van der Waals surface area contributed by atoms with E-state index in [1.165, 1.54) is 5.57 Å². The van der Waals surface area contributed by atoms with E-state index in [0.29, 0.717) is 0 Å². The Morgan fingerprint density at radius 3 is 2.12 bits per heavy atom. The summed E-state index contributed by atoms with van der Waals surface area (Å²) in [5.41, 5.74) is 0.693. The second kappa shape index (κ2) is 5.80. The average Bonchev–Trinajstić information content (AvgIpc) is 2.14. The van der Waals surface area contributed by atoms with Crippen LogP contribution in [0.5, 0.6) is 0 Å². The Labute approximate surface area is 99.7 Å². The SMILES string of the molecule is C=C(C)CCN1CCN(CC(C)(C)O)CC1. The Kier molecular flexibility index (Phi) is 4.96. The van der Waals surface area contributed by atoms with E-state index in [-0.39, 0.29) is 0 Å². The highest BCUT2D eigenvalue weighted by Crippen LogP contribution is 2.09. The van der Waals surface area contributed by atoms with E-state index >= 15 is 0 Å². The summed E-state index contributed by atoms with van der Waals surface area (Å²) in [5, 5.41) is 9.75. The monoisotopic (exact) mass is 226 g/mol. The zero-order chi connectivity index (χ0) is 12.2. The van der Waals surface area contributed by atoms with Crippen LogP contribution in [-0.2, 0) is 0 Å². The molecule has 0 radical (unpaired) electrons. The average molecular weight is 226 g/mol. The van der Waals surface area contributed by atoms with Gasteiger partial charge in [0.1, 0.15) is 0 Å². The van der Waals surface area contributed by atoms with Crippen molar-refractivity contribution in [1.29, 1.82) is 0 Å². The topological polar surface area (TPSA) is 26.7 Å². The van der Waals surface area contributed by atoms with Crippen LogP contribution in [0, 0.1) is 0 Å². The van der Waals surface area contributed by atoms with Gasteiger partial charge in [0.05, 0.1) is 5.60 Å². The molecule has 1 saturated heterocycles. The Balaban J connectivity index is 2.21. The van der Waals surface area contributed by atoms with Crippen LogP contribution < -0.4 is 0 Å². The molecule has 1 aliphatic rings. The van der Waals surface area contributed by atoms with Gasteiger partial charge in [-0.05, 0) is 27.2 Å². The van der Waals surface area contributed by atoms with E-state index in [4.69, 9.17) is 0 Å². The van der Waals surface area contributed by atoms with E-state index in [1.807, 2.05) is 13.8 Å². The molecule has 1 N–H and O–H groups in total. The van der Waals surface area contributed by atoms with E-state index in [9.17, 15) is 5.11 Å². The molecule has 0 spiro atoms. The first-order valence-corrected chi connectivity index (χ1v) is 6.18. The third-order valence-electron chi connectivity index (χ3n) is 2.93. The highest BCUT2D eigenvalue weighted by atomic mass is 16.3. The molecule has 0 aliphatic carbocycles. The van der Waals surface area contributed by atoms with Gasteiger partial charge in [0.25, 0.3) is 0 Å². The van der Waals surface area contributed by atoms with Crippen LogP contribution in [-0.4, -0.2) is 59.8 Å². The highest BCUT2D eigenvalue weighted by molar-refractivity contribution is 4.89. The van der Waals surface area contributed by atoms with Crippen molar-refractivity contribution < 1.29 is 5.11 Å². The molecule has 94 valence electrons. The van der Waals surface area contributed by atoms with Crippen LogP contribution >= 0.6 is 0 Å². The number of hydrogen-bond acceptors (Lipinski definition) is 3. The van der Waals surface area contributed by atoms with Crippen LogP contribution in [0.1, 0.15) is 27.2 Å². The minimum absolute atomic E-state index is 0.570. The molecule has 1 rings (SSSR count). The first-order valence-electron chi connectivity index (χ1n) is 6.18. The third-order valence-corrected chi connectivity index (χ3v) is 2.93. The van der Waals surface area contributed by atoms with Gasteiger partial charge in [-0.25, -0.2) is 0 Å². The van der Waals surface area contributed by atoms with Gasteiger partial charge < -0.3 is 10.0 Å². The fraction of sp³-hybridized carbons (Fsp3) is 0.846. The lowest BCUT2D eigenvalue weighted by Gasteiger charge is -2.37. The number of hydrogen-bond donors (Lipinski definition) is 1. The van der Waals surface area contributed by atoms with Crippen molar-refractivity contribution in [3.8, 4) is 0 Å². The van der Waals surface area contributed by atoms with Crippen LogP contribution in [0.4, 0.5) is 0 Å². The molecule has 1 heterocycles. The normalized spacial score (nSPS) is 20.0. The van der Waals surface area contributed by atoms with Gasteiger partial charge in [-0.2, -0.15) is 0 Å². The highest BCUT2D eigenvalue weighted by Gasteiger charge is 2.22. The largest absolute Gasteiger partial charge is 0.389 e. The molecule has 0 aromatic carbocycles. The lowest BCUT2D eigenvalue weighted by Crippen LogP contribution is -2.50. The number of nitrogens with zero attached hydrogens (tertiary/aromatic N) is 2. The maximum Gasteiger partial charge on any atom is 0.0718 e. The van der Waals surface area contributed by atoms with Crippen molar-refractivity contribution in [3.05, 3.63) is 12.2 Å². The second-order valence-corrected chi connectivity index (χ2v) is 5.64. The fourth-order valence-corrected chi connectivity index (χ4v) is 2.07. The summed E-state index contributed by atoms with van der Waals surface area (Å²) in [7, 11) is 0. The van der Waals surface area contributed by atoms with Crippen LogP contribution in [0.25, 0.3) is 0 Å². The molecule has 0 atom stereocenters. The smallest absolute Gasteiger partial charge is 0.0718 e. The molecular formula is C13H26N2O. The van der Waals surface area contributed by atoms with Crippen LogP contribution in [0.2, 0.25) is 0 Å². The predicted molar refractivity (Wildman–Crippen MR) is 68.6 cm³/mol. The van der Waals surface area contributed by atoms with Gasteiger partial charge in [0.2, 0.25) is 0 Å². The first-order chi connectivity index (χ1) is 7.37. The summed E-state index contributed by atoms with van der Waals surface area (Å²) in [6.45, 7) is 16.0. The molecule has 0 aromatic heterocycles. The summed E-state index contributed by atoms with van der Waals surface area (Å²) >= 11 is 0. The lowest BCUT2D eigenvalue weighted by molar-refractivity contribution is 0.0180. The minimum atomic E-state index is -0.570. The predicted octanol–water partition coefficient (Wildman–Crippen LogP) is 1.34. The summed E-state index contributed by atoms with van der Waals surface area (Å²) in [5.74, 6) is 0. The van der Waals surface area contributed by atoms with Gasteiger partial charge in [-0.1, -0.05) is 5.57 Å². The summed E-state index contributed by atoms with van der Waals surface area (Å²) in [6.07, 6.45) is 1.10. The Hall–Kier alpha value is -0.380. The fourth-order valence-electron chi connectivity index (χ4n) is 2.07. The zero-order valence-corrected chi connectivity index (χ0v) is 11.0. The van der Waals surface area contributed by atoms with Crippen molar-refractivity contribution >= 4 is 0 Å². The molecule has 1 fully saturated rings. The quantitative estimate of drug-likeness (QED) is 0.717. The van der Waals surface area contributed by atoms with Crippen molar-refractivity contribution in [3.63, 3.8) is 0 Å². The molecule has 0 saturated carbocycles. The number of aliphatic hydroxyl groups is 1. The second-order valence-electron chi connectivity index (χ2n) is 5.64. The Morgan fingerprint density at radius 1 is 1.19 bits per heavy atom. The molecular weight excluding hydrogens is 200 g/mol. The van der Waals surface area contributed by atoms with Gasteiger partial charge >= 0.3 is 0 Å². The summed E-state index contributed by atoms with van der Waals surface area (Å²) in [4.78, 5) is 4.83. The summed E-state index contributed by atoms with van der Waals surface area (Å²) in [6, 6.07) is 0. The maximum atomic E-state index is 9.75. The third kappa shape index (κ3) is 5.64. The van der Waals surface area contributed by atoms with Crippen LogP contribution in [0.15, 0.2) is 12.2 Å². The van der Waals surface area contributed by atoms with E-state index in [2.05, 4.69) is 23.3 Å². The van der Waals surface area contributed by atoms with Crippen molar-refractivity contribution in [2.24, 2.45) is 0 Å². The van der Waals surface area contributed by atoms with E-state index in [0.717, 1.165) is 45.7 Å². The van der Waals surface area contributed by atoms with Crippen molar-refractivity contribution in [2.75, 3.05) is 39.3 Å². The van der Waals surface area contributed by atoms with E-state index in [1.54, 1.807) is 0 Å². The number of β-amino-alcohol motifs (C(OH)–C–C–N with tert-alkyl or cyclic N) is 1. The van der Waals surface area contributed by atoms with E-state index < -0.39 is 5.60 Å². The lowest BCUT2D eigenvalue weighted by atomic mass is 10.1. The molecule has 0 amide bonds. The molecule has 0 unspecified atom stereocenters. The molecule has 16 heavy (non-hydrogen) atoms. The molecule has 0 bridgehead atoms. The Morgan fingerprint density at radius 2 is 1.69 bits per heavy atom. The number of rotatable bonds is 5. The van der Waals surface area contributed by atoms with Gasteiger partial charge in [-0.3, -0.25) is 4.90 Å². The zero-order valence-electron chi connectivity index (χ0n) is 11.0. The minimum Gasteiger partial charge on any atom is -0.389 e. The van der Waals surface area contributed by atoms with Gasteiger partial charge in [-0.15, -0.1) is 6.58 Å². The van der Waals surface area contributed by atoms with Crippen molar-refractivity contribution in [2.45, 2.75) is 32.8 Å². The van der Waals surface area contributed by atoms with Crippen LogP contribution in [0.3, 0.4) is 0 Å². The molecule has 3 nitrogen and oxygen atoms in total. The number of piperazine rings is 1. The van der Waals surface area contributed by atoms with Gasteiger partial charge in [0, 0.05) is 39.3 Å².